The van der Waals surface area contributed by atoms with E-state index in [1.54, 1.807) is 0 Å². The van der Waals surface area contributed by atoms with Crippen molar-refractivity contribution in [2.45, 2.75) is 13.0 Å². The summed E-state index contributed by atoms with van der Waals surface area (Å²) in [4.78, 5) is 11.2. The van der Waals surface area contributed by atoms with Crippen molar-refractivity contribution in [1.29, 1.82) is 0 Å². The van der Waals surface area contributed by atoms with Crippen LogP contribution in [-0.2, 0) is 11.3 Å². The number of benzene rings is 1. The smallest absolute Gasteiger partial charge is 0.160 e. The molecule has 0 aromatic heterocycles. The molecule has 0 N–H and O–H groups in total. The van der Waals surface area contributed by atoms with Crippen molar-refractivity contribution in [3.63, 3.8) is 0 Å². The Morgan fingerprint density at radius 2 is 1.94 bits per heavy atom. The molecule has 0 heterocycles. The number of ketones is 1. The van der Waals surface area contributed by atoms with E-state index < -0.39 is 0 Å². The highest BCUT2D eigenvalue weighted by atomic mass is 16.1. The molecular formula is C14H20NO+. The molecule has 0 aliphatic rings. The van der Waals surface area contributed by atoms with Gasteiger partial charge in [-0.3, -0.25) is 4.79 Å². The second kappa shape index (κ2) is 5.61. The zero-order valence-corrected chi connectivity index (χ0v) is 10.1. The van der Waals surface area contributed by atoms with E-state index in [0.717, 1.165) is 17.6 Å². The first kappa shape index (κ1) is 12.7. The van der Waals surface area contributed by atoms with Gasteiger partial charge in [0.05, 0.1) is 27.1 Å². The highest BCUT2D eigenvalue weighted by Crippen LogP contribution is 2.09. The van der Waals surface area contributed by atoms with Gasteiger partial charge in [-0.15, -0.1) is 0 Å². The molecule has 0 fully saturated rings. The van der Waals surface area contributed by atoms with E-state index in [1.165, 1.54) is 11.6 Å². The molecule has 1 aromatic carbocycles. The normalized spacial score (nSPS) is 11.1. The second-order valence-electron chi connectivity index (χ2n) is 4.72. The number of carbonyl (C=O) groups excluding carboxylic acids is 1. The molecule has 2 nitrogen and oxygen atoms in total. The van der Waals surface area contributed by atoms with Crippen molar-refractivity contribution in [3.8, 4) is 0 Å². The number of hydrogen-bond acceptors (Lipinski definition) is 1. The van der Waals surface area contributed by atoms with E-state index in [1.807, 2.05) is 18.2 Å². The zero-order valence-electron chi connectivity index (χ0n) is 10.1. The molecule has 0 aliphatic carbocycles. The molecule has 0 bridgehead atoms. The van der Waals surface area contributed by atoms with Gasteiger partial charge in [0.1, 0.15) is 6.54 Å². The summed E-state index contributed by atoms with van der Waals surface area (Å²) < 4.78 is 0.823. The van der Waals surface area contributed by atoms with Crippen LogP contribution in [0.4, 0.5) is 0 Å². The highest BCUT2D eigenvalue weighted by Gasteiger charge is 2.16. The third kappa shape index (κ3) is 4.41. The van der Waals surface area contributed by atoms with E-state index >= 15 is 0 Å². The molecule has 0 unspecified atom stereocenters. The van der Waals surface area contributed by atoms with E-state index in [0.29, 0.717) is 6.42 Å². The van der Waals surface area contributed by atoms with Gasteiger partial charge in [-0.25, -0.2) is 0 Å². The van der Waals surface area contributed by atoms with Crippen LogP contribution in [-0.4, -0.2) is 30.9 Å². The lowest BCUT2D eigenvalue weighted by atomic mass is 10.2. The Morgan fingerprint density at radius 1 is 1.31 bits per heavy atom. The number of nitrogens with zero attached hydrogens (tertiary/aromatic N) is 1. The number of rotatable bonds is 6. The fraction of sp³-hybridized carbons (Fsp3) is 0.357. The predicted molar refractivity (Wildman–Crippen MR) is 66.9 cm³/mol. The molecular weight excluding hydrogens is 198 g/mol. The van der Waals surface area contributed by atoms with Crippen LogP contribution in [0.5, 0.6) is 0 Å². The first-order chi connectivity index (χ1) is 7.53. The van der Waals surface area contributed by atoms with Gasteiger partial charge in [0.2, 0.25) is 0 Å². The Bertz CT molecular complexity index is 354. The van der Waals surface area contributed by atoms with Crippen molar-refractivity contribution in [1.82, 2.24) is 0 Å². The highest BCUT2D eigenvalue weighted by molar-refractivity contribution is 5.89. The van der Waals surface area contributed by atoms with Gasteiger partial charge in [0, 0.05) is 5.56 Å². The van der Waals surface area contributed by atoms with E-state index in [9.17, 15) is 4.79 Å². The third-order valence-corrected chi connectivity index (χ3v) is 2.64. The molecule has 0 saturated heterocycles. The Morgan fingerprint density at radius 3 is 2.50 bits per heavy atom. The number of allylic oxidation sites excluding steroid dienone is 1. The molecule has 1 aromatic rings. The number of quaternary nitrogens is 1. The minimum atomic E-state index is 0.124. The van der Waals surface area contributed by atoms with Crippen LogP contribution >= 0.6 is 0 Å². The molecule has 0 aliphatic heterocycles. The number of hydrogen-bond donors (Lipinski definition) is 0. The Kier molecular flexibility index (Phi) is 4.44. The lowest BCUT2D eigenvalue weighted by Gasteiger charge is -2.29. The first-order valence-electron chi connectivity index (χ1n) is 5.55. The van der Waals surface area contributed by atoms with Crippen LogP contribution in [0.25, 0.3) is 0 Å². The Balaban J connectivity index is 2.51. The molecule has 0 saturated carbocycles. The van der Waals surface area contributed by atoms with Crippen LogP contribution in [0.15, 0.2) is 43.0 Å². The third-order valence-electron chi connectivity index (χ3n) is 2.64. The zero-order chi connectivity index (χ0) is 12.0. The SMILES string of the molecule is C=CC(=O)CC[N+](C)(C)Cc1ccccc1. The summed E-state index contributed by atoms with van der Waals surface area (Å²) >= 11 is 0. The fourth-order valence-electron chi connectivity index (χ4n) is 1.67. The molecule has 16 heavy (non-hydrogen) atoms. The van der Waals surface area contributed by atoms with Crippen LogP contribution in [0, 0.1) is 0 Å². The lowest BCUT2D eigenvalue weighted by Crippen LogP contribution is -2.40. The predicted octanol–water partition coefficient (Wildman–Crippen LogP) is 2.41. The van der Waals surface area contributed by atoms with Crippen LogP contribution in [0.3, 0.4) is 0 Å². The summed E-state index contributed by atoms with van der Waals surface area (Å²) in [5.74, 6) is 0.124. The van der Waals surface area contributed by atoms with Gasteiger partial charge in [0.15, 0.2) is 5.78 Å². The minimum Gasteiger partial charge on any atom is -0.324 e. The summed E-state index contributed by atoms with van der Waals surface area (Å²) in [6.45, 7) is 5.29. The molecule has 1 rings (SSSR count). The molecule has 0 atom stereocenters. The standard InChI is InChI=1S/C14H20NO/c1-4-14(16)10-11-15(2,3)12-13-8-6-5-7-9-13/h4-9H,1,10-12H2,2-3H3/q+1. The van der Waals surface area contributed by atoms with Gasteiger partial charge < -0.3 is 4.48 Å². The number of carbonyl (C=O) groups is 1. The Labute approximate surface area is 97.8 Å². The summed E-state index contributed by atoms with van der Waals surface area (Å²) in [5.41, 5.74) is 1.30. The maximum Gasteiger partial charge on any atom is 0.160 e. The van der Waals surface area contributed by atoms with E-state index in [4.69, 9.17) is 0 Å². The van der Waals surface area contributed by atoms with Crippen molar-refractivity contribution >= 4 is 5.78 Å². The second-order valence-corrected chi connectivity index (χ2v) is 4.72. The maximum absolute atomic E-state index is 11.2. The maximum atomic E-state index is 11.2. The van der Waals surface area contributed by atoms with Gasteiger partial charge >= 0.3 is 0 Å². The van der Waals surface area contributed by atoms with Crippen LogP contribution in [0.2, 0.25) is 0 Å². The average molecular weight is 218 g/mol. The van der Waals surface area contributed by atoms with Crippen LogP contribution in [0.1, 0.15) is 12.0 Å². The largest absolute Gasteiger partial charge is 0.324 e. The van der Waals surface area contributed by atoms with Gasteiger partial charge in [-0.2, -0.15) is 0 Å². The summed E-state index contributed by atoms with van der Waals surface area (Å²) in [7, 11) is 4.28. The van der Waals surface area contributed by atoms with Crippen LogP contribution < -0.4 is 0 Å². The summed E-state index contributed by atoms with van der Waals surface area (Å²) in [6.07, 6.45) is 1.98. The topological polar surface area (TPSA) is 17.1 Å². The van der Waals surface area contributed by atoms with E-state index in [-0.39, 0.29) is 5.78 Å². The van der Waals surface area contributed by atoms with Gasteiger partial charge in [-0.1, -0.05) is 36.9 Å². The fourth-order valence-corrected chi connectivity index (χ4v) is 1.67. The molecule has 0 radical (unpaired) electrons. The Hall–Kier alpha value is -1.41. The quantitative estimate of drug-likeness (QED) is 0.529. The van der Waals surface area contributed by atoms with Crippen molar-refractivity contribution in [3.05, 3.63) is 48.6 Å². The summed E-state index contributed by atoms with van der Waals surface area (Å²) in [6, 6.07) is 10.4. The molecule has 86 valence electrons. The van der Waals surface area contributed by atoms with Crippen molar-refractivity contribution in [2.24, 2.45) is 0 Å². The van der Waals surface area contributed by atoms with Crippen molar-refractivity contribution < 1.29 is 9.28 Å². The summed E-state index contributed by atoms with van der Waals surface area (Å²) in [5, 5.41) is 0. The molecule has 0 spiro atoms. The first-order valence-corrected chi connectivity index (χ1v) is 5.55. The van der Waals surface area contributed by atoms with E-state index in [2.05, 4.69) is 32.8 Å². The molecule has 2 heteroatoms. The lowest BCUT2D eigenvalue weighted by molar-refractivity contribution is -0.903. The van der Waals surface area contributed by atoms with Gasteiger partial charge in [0.25, 0.3) is 0 Å². The van der Waals surface area contributed by atoms with Crippen molar-refractivity contribution in [2.75, 3.05) is 20.6 Å². The molecule has 0 amide bonds. The average Bonchev–Trinajstić information content (AvgIpc) is 2.27. The minimum absolute atomic E-state index is 0.124. The monoisotopic (exact) mass is 218 g/mol. The van der Waals surface area contributed by atoms with Gasteiger partial charge in [-0.05, 0) is 6.08 Å².